The van der Waals surface area contributed by atoms with Crippen molar-refractivity contribution in [3.05, 3.63) is 35.9 Å². The van der Waals surface area contributed by atoms with Crippen molar-refractivity contribution in [2.24, 2.45) is 5.73 Å². The molecule has 0 radical (unpaired) electrons. The predicted molar refractivity (Wildman–Crippen MR) is 67.3 cm³/mol. The first-order valence-electron chi connectivity index (χ1n) is 5.58. The molecule has 0 aliphatic heterocycles. The molecule has 0 aliphatic carbocycles. The molecule has 4 heteroatoms. The molecule has 0 aliphatic rings. The Morgan fingerprint density at radius 1 is 1.41 bits per heavy atom. The zero-order valence-corrected chi connectivity index (χ0v) is 10.6. The van der Waals surface area contributed by atoms with Gasteiger partial charge < -0.3 is 10.8 Å². The molecule has 1 aromatic rings. The van der Waals surface area contributed by atoms with Gasteiger partial charge in [0.15, 0.2) is 0 Å². The van der Waals surface area contributed by atoms with Crippen LogP contribution in [0.4, 0.5) is 0 Å². The van der Waals surface area contributed by atoms with Gasteiger partial charge in [-0.1, -0.05) is 30.3 Å². The van der Waals surface area contributed by atoms with E-state index in [9.17, 15) is 9.90 Å². The van der Waals surface area contributed by atoms with E-state index in [4.69, 9.17) is 5.73 Å². The Bertz CT molecular complexity index is 371. The van der Waals surface area contributed by atoms with Crippen molar-refractivity contribution >= 4 is 5.91 Å². The highest BCUT2D eigenvalue weighted by atomic mass is 16.3. The van der Waals surface area contributed by atoms with E-state index in [2.05, 4.69) is 0 Å². The van der Waals surface area contributed by atoms with Crippen molar-refractivity contribution in [2.75, 3.05) is 13.6 Å². The third kappa shape index (κ3) is 4.17. The minimum absolute atomic E-state index is 0.371. The fraction of sp³-hybridized carbons (Fsp3) is 0.462. The van der Waals surface area contributed by atoms with E-state index in [1.54, 1.807) is 25.8 Å². The second-order valence-corrected chi connectivity index (χ2v) is 4.94. The zero-order valence-electron chi connectivity index (χ0n) is 10.6. The minimum atomic E-state index is -0.864. The van der Waals surface area contributed by atoms with E-state index in [0.29, 0.717) is 6.54 Å². The first-order valence-corrected chi connectivity index (χ1v) is 5.58. The Morgan fingerprint density at radius 2 is 1.94 bits per heavy atom. The van der Waals surface area contributed by atoms with E-state index < -0.39 is 17.6 Å². The van der Waals surface area contributed by atoms with Gasteiger partial charge in [0.05, 0.1) is 5.60 Å². The van der Waals surface area contributed by atoms with Gasteiger partial charge in [0.2, 0.25) is 5.91 Å². The van der Waals surface area contributed by atoms with Gasteiger partial charge in [-0.15, -0.1) is 0 Å². The molecule has 0 aromatic heterocycles. The third-order valence-corrected chi connectivity index (χ3v) is 2.46. The van der Waals surface area contributed by atoms with Crippen LogP contribution in [-0.2, 0) is 4.79 Å². The number of primary amides is 1. The van der Waals surface area contributed by atoms with Crippen LogP contribution in [0.5, 0.6) is 0 Å². The highest BCUT2D eigenvalue weighted by Gasteiger charge is 2.26. The first kappa shape index (κ1) is 13.7. The summed E-state index contributed by atoms with van der Waals surface area (Å²) in [4.78, 5) is 13.3. The van der Waals surface area contributed by atoms with Gasteiger partial charge in [0.25, 0.3) is 0 Å². The van der Waals surface area contributed by atoms with E-state index in [1.165, 1.54) is 0 Å². The number of hydrogen-bond donors (Lipinski definition) is 2. The summed E-state index contributed by atoms with van der Waals surface area (Å²) >= 11 is 0. The maximum absolute atomic E-state index is 11.5. The van der Waals surface area contributed by atoms with Crippen molar-refractivity contribution in [1.82, 2.24) is 4.90 Å². The Hall–Kier alpha value is -1.39. The number of carbonyl (C=O) groups is 1. The molecular weight excluding hydrogens is 216 g/mol. The second kappa shape index (κ2) is 5.29. The van der Waals surface area contributed by atoms with Crippen LogP contribution < -0.4 is 5.73 Å². The average molecular weight is 236 g/mol. The maximum Gasteiger partial charge on any atom is 0.239 e. The molecule has 1 atom stereocenters. The maximum atomic E-state index is 11.5. The Morgan fingerprint density at radius 3 is 2.35 bits per heavy atom. The number of benzene rings is 1. The molecule has 17 heavy (non-hydrogen) atoms. The van der Waals surface area contributed by atoms with Crippen molar-refractivity contribution < 1.29 is 9.90 Å². The van der Waals surface area contributed by atoms with Gasteiger partial charge >= 0.3 is 0 Å². The van der Waals surface area contributed by atoms with Crippen LogP contribution in [0, 0.1) is 0 Å². The van der Waals surface area contributed by atoms with Gasteiger partial charge in [-0.25, -0.2) is 0 Å². The number of hydrogen-bond acceptors (Lipinski definition) is 3. The fourth-order valence-electron chi connectivity index (χ4n) is 1.97. The minimum Gasteiger partial charge on any atom is -0.389 e. The van der Waals surface area contributed by atoms with E-state index >= 15 is 0 Å². The van der Waals surface area contributed by atoms with Crippen LogP contribution >= 0.6 is 0 Å². The van der Waals surface area contributed by atoms with Crippen LogP contribution in [-0.4, -0.2) is 35.1 Å². The number of nitrogens with zero attached hydrogens (tertiary/aromatic N) is 1. The molecule has 0 saturated carbocycles. The predicted octanol–water partition coefficient (Wildman–Crippen LogP) is 0.916. The van der Waals surface area contributed by atoms with Crippen LogP contribution in [0.1, 0.15) is 25.5 Å². The molecule has 1 rings (SSSR count). The Labute approximate surface area is 102 Å². The SMILES string of the molecule is CN(CC(C)(C)O)C(C(N)=O)c1ccccc1. The van der Waals surface area contributed by atoms with Crippen molar-refractivity contribution in [3.8, 4) is 0 Å². The molecule has 0 heterocycles. The van der Waals surface area contributed by atoms with E-state index in [1.807, 2.05) is 30.3 Å². The summed E-state index contributed by atoms with van der Waals surface area (Å²) in [5.74, 6) is -0.414. The number of nitrogens with two attached hydrogens (primary N) is 1. The zero-order chi connectivity index (χ0) is 13.1. The molecule has 0 fully saturated rings. The molecule has 1 unspecified atom stereocenters. The fourth-order valence-corrected chi connectivity index (χ4v) is 1.97. The highest BCUT2D eigenvalue weighted by molar-refractivity contribution is 5.81. The van der Waals surface area contributed by atoms with Gasteiger partial charge in [-0.3, -0.25) is 9.69 Å². The van der Waals surface area contributed by atoms with Gasteiger partial charge in [0.1, 0.15) is 6.04 Å². The molecule has 94 valence electrons. The van der Waals surface area contributed by atoms with Crippen molar-refractivity contribution in [1.29, 1.82) is 0 Å². The van der Waals surface area contributed by atoms with E-state index in [0.717, 1.165) is 5.56 Å². The van der Waals surface area contributed by atoms with Crippen molar-refractivity contribution in [2.45, 2.75) is 25.5 Å². The molecule has 1 amide bonds. The monoisotopic (exact) mass is 236 g/mol. The first-order chi connectivity index (χ1) is 7.81. The molecule has 0 bridgehead atoms. The second-order valence-electron chi connectivity index (χ2n) is 4.94. The summed E-state index contributed by atoms with van der Waals surface area (Å²) < 4.78 is 0. The average Bonchev–Trinajstić information content (AvgIpc) is 2.15. The number of aliphatic hydroxyl groups is 1. The Balaban J connectivity index is 2.91. The quantitative estimate of drug-likeness (QED) is 0.798. The summed E-state index contributed by atoms with van der Waals surface area (Å²) in [6, 6.07) is 8.82. The number of likely N-dealkylation sites (N-methyl/N-ethyl adjacent to an activating group) is 1. The molecule has 3 N–H and O–H groups in total. The summed E-state index contributed by atoms with van der Waals surface area (Å²) in [5, 5.41) is 9.77. The lowest BCUT2D eigenvalue weighted by atomic mass is 10.0. The van der Waals surface area contributed by atoms with Crippen LogP contribution in [0.15, 0.2) is 30.3 Å². The summed E-state index contributed by atoms with van der Waals surface area (Å²) in [7, 11) is 1.78. The normalized spacial score (nSPS) is 13.7. The van der Waals surface area contributed by atoms with E-state index in [-0.39, 0.29) is 0 Å². The summed E-state index contributed by atoms with van der Waals surface area (Å²) in [6.45, 7) is 3.77. The number of rotatable bonds is 5. The number of amides is 1. The lowest BCUT2D eigenvalue weighted by molar-refractivity contribution is -0.123. The van der Waals surface area contributed by atoms with Crippen LogP contribution in [0.25, 0.3) is 0 Å². The summed E-state index contributed by atoms with van der Waals surface area (Å²) in [6.07, 6.45) is 0. The Kier molecular flexibility index (Phi) is 4.26. The number of carbonyl (C=O) groups excluding carboxylic acids is 1. The van der Waals surface area contributed by atoms with Crippen LogP contribution in [0.2, 0.25) is 0 Å². The summed E-state index contributed by atoms with van der Waals surface area (Å²) in [5.41, 5.74) is 5.40. The van der Waals surface area contributed by atoms with Crippen molar-refractivity contribution in [3.63, 3.8) is 0 Å². The smallest absolute Gasteiger partial charge is 0.239 e. The molecule has 0 spiro atoms. The lowest BCUT2D eigenvalue weighted by Gasteiger charge is -2.31. The molecule has 4 nitrogen and oxygen atoms in total. The van der Waals surface area contributed by atoms with Crippen LogP contribution in [0.3, 0.4) is 0 Å². The molecular formula is C13H20N2O2. The van der Waals surface area contributed by atoms with Gasteiger partial charge in [0, 0.05) is 6.54 Å². The highest BCUT2D eigenvalue weighted by Crippen LogP contribution is 2.20. The van der Waals surface area contributed by atoms with Gasteiger partial charge in [-0.2, -0.15) is 0 Å². The topological polar surface area (TPSA) is 66.6 Å². The largest absolute Gasteiger partial charge is 0.389 e. The lowest BCUT2D eigenvalue weighted by Crippen LogP contribution is -2.42. The third-order valence-electron chi connectivity index (χ3n) is 2.46. The molecule has 0 saturated heterocycles. The molecule has 1 aromatic carbocycles. The van der Waals surface area contributed by atoms with Gasteiger partial charge in [-0.05, 0) is 26.5 Å². The standard InChI is InChI=1S/C13H20N2O2/c1-13(2,17)9-15(3)11(12(14)16)10-7-5-4-6-8-10/h4-8,11,17H,9H2,1-3H3,(H2,14,16).